The lowest BCUT2D eigenvalue weighted by molar-refractivity contribution is 0.0886. The number of carbonyl (C=O) groups is 1. The summed E-state index contributed by atoms with van der Waals surface area (Å²) in [4.78, 5) is 17.2. The molecule has 2 aromatic rings. The van der Waals surface area contributed by atoms with Crippen molar-refractivity contribution in [3.05, 3.63) is 65.5 Å². The van der Waals surface area contributed by atoms with Gasteiger partial charge in [-0.2, -0.15) is 0 Å². The van der Waals surface area contributed by atoms with Crippen molar-refractivity contribution < 1.29 is 13.9 Å². The van der Waals surface area contributed by atoms with Gasteiger partial charge in [0.1, 0.15) is 11.6 Å². The lowest BCUT2D eigenvalue weighted by atomic mass is 10.0. The number of halogens is 1. The van der Waals surface area contributed by atoms with Crippen molar-refractivity contribution in [1.29, 1.82) is 0 Å². The molecule has 5 nitrogen and oxygen atoms in total. The largest absolute Gasteiger partial charge is 0.497 e. The van der Waals surface area contributed by atoms with E-state index in [1.54, 1.807) is 37.4 Å². The minimum Gasteiger partial charge on any atom is -0.497 e. The predicted octanol–water partition coefficient (Wildman–Crippen LogP) is 2.55. The van der Waals surface area contributed by atoms with Gasteiger partial charge in [0.15, 0.2) is 0 Å². The highest BCUT2D eigenvalue weighted by Crippen LogP contribution is 2.22. The van der Waals surface area contributed by atoms with Crippen LogP contribution in [0, 0.1) is 5.82 Å². The fraction of sp³-hybridized carbons (Fsp3) is 0.381. The third kappa shape index (κ3) is 5.05. The van der Waals surface area contributed by atoms with Crippen molar-refractivity contribution in [3.63, 3.8) is 0 Å². The van der Waals surface area contributed by atoms with Crippen LogP contribution in [0.15, 0.2) is 48.5 Å². The molecule has 1 aliphatic heterocycles. The smallest absolute Gasteiger partial charge is 0.251 e. The second-order valence-corrected chi connectivity index (χ2v) is 6.85. The van der Waals surface area contributed by atoms with Crippen molar-refractivity contribution in [2.45, 2.75) is 6.04 Å². The lowest BCUT2D eigenvalue weighted by Gasteiger charge is -2.38. The van der Waals surface area contributed by atoms with Gasteiger partial charge >= 0.3 is 0 Å². The van der Waals surface area contributed by atoms with E-state index in [-0.39, 0.29) is 17.8 Å². The van der Waals surface area contributed by atoms with E-state index in [0.29, 0.717) is 17.9 Å². The average Bonchev–Trinajstić information content (AvgIpc) is 2.70. The van der Waals surface area contributed by atoms with Crippen molar-refractivity contribution in [2.24, 2.45) is 0 Å². The molecule has 1 fully saturated rings. The molecular weight excluding hydrogens is 345 g/mol. The van der Waals surface area contributed by atoms with Gasteiger partial charge in [-0.05, 0) is 42.9 Å². The quantitative estimate of drug-likeness (QED) is 0.848. The molecule has 0 radical (unpaired) electrons. The number of hydrogen-bond acceptors (Lipinski definition) is 4. The van der Waals surface area contributed by atoms with E-state index in [2.05, 4.69) is 22.2 Å². The third-order valence-corrected chi connectivity index (χ3v) is 5.02. The van der Waals surface area contributed by atoms with E-state index < -0.39 is 0 Å². The number of nitrogens with zero attached hydrogens (tertiary/aromatic N) is 2. The first-order chi connectivity index (χ1) is 13.1. The monoisotopic (exact) mass is 371 g/mol. The number of nitrogens with one attached hydrogen (secondary N) is 1. The molecule has 0 unspecified atom stereocenters. The Balaban J connectivity index is 1.72. The normalized spacial score (nSPS) is 16.7. The Kier molecular flexibility index (Phi) is 6.42. The van der Waals surface area contributed by atoms with Gasteiger partial charge in [-0.1, -0.05) is 18.2 Å². The third-order valence-electron chi connectivity index (χ3n) is 5.02. The second-order valence-electron chi connectivity index (χ2n) is 6.85. The van der Waals surface area contributed by atoms with Gasteiger partial charge in [0, 0.05) is 38.3 Å². The van der Waals surface area contributed by atoms with Crippen LogP contribution >= 0.6 is 0 Å². The molecule has 1 saturated heterocycles. The summed E-state index contributed by atoms with van der Waals surface area (Å²) in [6.07, 6.45) is 0. The molecule has 0 aromatic heterocycles. The zero-order valence-electron chi connectivity index (χ0n) is 15.8. The number of amides is 1. The lowest BCUT2D eigenvalue weighted by Crippen LogP contribution is -2.48. The Bertz CT molecular complexity index is 758. The van der Waals surface area contributed by atoms with Gasteiger partial charge in [0.05, 0.1) is 13.2 Å². The summed E-state index contributed by atoms with van der Waals surface area (Å²) in [5.41, 5.74) is 1.57. The molecule has 144 valence electrons. The fourth-order valence-electron chi connectivity index (χ4n) is 3.33. The van der Waals surface area contributed by atoms with Gasteiger partial charge < -0.3 is 15.0 Å². The van der Waals surface area contributed by atoms with Crippen molar-refractivity contribution in [1.82, 2.24) is 15.1 Å². The molecule has 1 heterocycles. The number of carbonyl (C=O) groups excluding carboxylic acids is 1. The summed E-state index contributed by atoms with van der Waals surface area (Å²) < 4.78 is 18.5. The number of methoxy groups -OCH3 is 1. The number of piperazine rings is 1. The van der Waals surface area contributed by atoms with Crippen LogP contribution in [0.25, 0.3) is 0 Å². The number of benzene rings is 2. The molecule has 3 rings (SSSR count). The maximum atomic E-state index is 13.3. The van der Waals surface area contributed by atoms with Gasteiger partial charge in [0.2, 0.25) is 0 Å². The van der Waals surface area contributed by atoms with Crippen LogP contribution in [0.4, 0.5) is 4.39 Å². The van der Waals surface area contributed by atoms with Crippen molar-refractivity contribution in [3.8, 4) is 5.75 Å². The first-order valence-corrected chi connectivity index (χ1v) is 9.17. The Hall–Kier alpha value is -2.44. The van der Waals surface area contributed by atoms with Crippen molar-refractivity contribution in [2.75, 3.05) is 46.9 Å². The van der Waals surface area contributed by atoms with Crippen LogP contribution in [-0.4, -0.2) is 62.6 Å². The van der Waals surface area contributed by atoms with E-state index in [1.165, 1.54) is 12.1 Å². The van der Waals surface area contributed by atoms with Crippen LogP contribution in [0.2, 0.25) is 0 Å². The molecule has 1 aliphatic rings. The van der Waals surface area contributed by atoms with E-state index in [1.807, 2.05) is 6.07 Å². The SMILES string of the molecule is COc1cccc(C(=O)NC[C@H](c2ccc(F)cc2)N2CCN(C)CC2)c1. The van der Waals surface area contributed by atoms with Crippen LogP contribution in [-0.2, 0) is 0 Å². The zero-order chi connectivity index (χ0) is 19.2. The van der Waals surface area contributed by atoms with E-state index in [4.69, 9.17) is 4.74 Å². The molecule has 2 aromatic carbocycles. The molecule has 0 bridgehead atoms. The molecule has 0 saturated carbocycles. The second kappa shape index (κ2) is 8.97. The predicted molar refractivity (Wildman–Crippen MR) is 104 cm³/mol. The molecule has 1 atom stereocenters. The topological polar surface area (TPSA) is 44.8 Å². The number of rotatable bonds is 6. The summed E-state index contributed by atoms with van der Waals surface area (Å²) >= 11 is 0. The van der Waals surface area contributed by atoms with E-state index in [0.717, 1.165) is 31.7 Å². The Morgan fingerprint density at radius 1 is 1.15 bits per heavy atom. The highest BCUT2D eigenvalue weighted by atomic mass is 19.1. The standard InChI is InChI=1S/C21H26FN3O2/c1-24-10-12-25(13-11-24)20(16-6-8-18(22)9-7-16)15-23-21(26)17-4-3-5-19(14-17)27-2/h3-9,14,20H,10-13,15H2,1-2H3,(H,23,26)/t20-/m1/s1. The first-order valence-electron chi connectivity index (χ1n) is 9.17. The molecular formula is C21H26FN3O2. The van der Waals surface area contributed by atoms with Crippen LogP contribution in [0.5, 0.6) is 5.75 Å². The van der Waals surface area contributed by atoms with Crippen molar-refractivity contribution >= 4 is 5.91 Å². The average molecular weight is 371 g/mol. The molecule has 6 heteroatoms. The summed E-state index contributed by atoms with van der Waals surface area (Å²) in [5, 5.41) is 3.03. The molecule has 0 spiro atoms. The first kappa shape index (κ1) is 19.3. The number of hydrogen-bond donors (Lipinski definition) is 1. The molecule has 27 heavy (non-hydrogen) atoms. The summed E-state index contributed by atoms with van der Waals surface area (Å²) in [5.74, 6) is 0.253. The van der Waals surface area contributed by atoms with Gasteiger partial charge in [-0.3, -0.25) is 9.69 Å². The fourth-order valence-corrected chi connectivity index (χ4v) is 3.33. The maximum Gasteiger partial charge on any atom is 0.251 e. The van der Waals surface area contributed by atoms with Gasteiger partial charge in [0.25, 0.3) is 5.91 Å². The minimum atomic E-state index is -0.253. The molecule has 1 N–H and O–H groups in total. The highest BCUT2D eigenvalue weighted by molar-refractivity contribution is 5.94. The Morgan fingerprint density at radius 2 is 1.85 bits per heavy atom. The highest BCUT2D eigenvalue weighted by Gasteiger charge is 2.24. The maximum absolute atomic E-state index is 13.3. The zero-order valence-corrected chi connectivity index (χ0v) is 15.8. The van der Waals surface area contributed by atoms with Crippen LogP contribution in [0.1, 0.15) is 22.0 Å². The number of likely N-dealkylation sites (N-methyl/N-ethyl adjacent to an activating group) is 1. The van der Waals surface area contributed by atoms with Gasteiger partial charge in [-0.25, -0.2) is 4.39 Å². The Morgan fingerprint density at radius 3 is 2.52 bits per heavy atom. The minimum absolute atomic E-state index is 0.00820. The number of ether oxygens (including phenoxy) is 1. The summed E-state index contributed by atoms with van der Waals surface area (Å²) in [7, 11) is 3.68. The Labute approximate surface area is 159 Å². The summed E-state index contributed by atoms with van der Waals surface area (Å²) in [6, 6.07) is 13.7. The van der Waals surface area contributed by atoms with E-state index in [9.17, 15) is 9.18 Å². The van der Waals surface area contributed by atoms with Crippen LogP contribution in [0.3, 0.4) is 0 Å². The van der Waals surface area contributed by atoms with E-state index >= 15 is 0 Å². The molecule has 0 aliphatic carbocycles. The van der Waals surface area contributed by atoms with Crippen LogP contribution < -0.4 is 10.1 Å². The summed E-state index contributed by atoms with van der Waals surface area (Å²) in [6.45, 7) is 4.23. The van der Waals surface area contributed by atoms with Gasteiger partial charge in [-0.15, -0.1) is 0 Å². The molecule has 1 amide bonds.